The van der Waals surface area contributed by atoms with Gasteiger partial charge in [-0.05, 0) is 37.3 Å². The number of piperidine rings is 1. The van der Waals surface area contributed by atoms with Gasteiger partial charge in [-0.1, -0.05) is 18.2 Å². The lowest BCUT2D eigenvalue weighted by Gasteiger charge is -2.32. The van der Waals surface area contributed by atoms with E-state index in [1.165, 1.54) is 69.7 Å². The highest BCUT2D eigenvalue weighted by Gasteiger charge is 2.15. The molecule has 3 heteroatoms. The Morgan fingerprint density at radius 1 is 0.900 bits per heavy atom. The number of anilines is 1. The molecule has 110 valence electrons. The number of rotatable bonds is 4. The van der Waals surface area contributed by atoms with Gasteiger partial charge in [0.1, 0.15) is 0 Å². The summed E-state index contributed by atoms with van der Waals surface area (Å²) in [6.07, 6.45) is 5.30. The summed E-state index contributed by atoms with van der Waals surface area (Å²) in [4.78, 5) is 5.18. The van der Waals surface area contributed by atoms with Crippen molar-refractivity contribution in [3.8, 4) is 0 Å². The quantitative estimate of drug-likeness (QED) is 0.906. The fourth-order valence-electron chi connectivity index (χ4n) is 3.38. The molecule has 0 radical (unpaired) electrons. The molecule has 0 saturated carbocycles. The first-order valence-electron chi connectivity index (χ1n) is 8.19. The number of para-hydroxylation sites is 1. The molecule has 2 saturated heterocycles. The molecule has 0 aromatic heterocycles. The molecule has 0 aliphatic carbocycles. The van der Waals surface area contributed by atoms with E-state index in [4.69, 9.17) is 0 Å². The lowest BCUT2D eigenvalue weighted by molar-refractivity contribution is 0.244. The molecule has 0 amide bonds. The molecule has 1 aromatic rings. The zero-order valence-electron chi connectivity index (χ0n) is 12.5. The average molecular weight is 273 g/mol. The van der Waals surface area contributed by atoms with E-state index in [9.17, 15) is 0 Å². The van der Waals surface area contributed by atoms with Gasteiger partial charge in [0, 0.05) is 51.5 Å². The average Bonchev–Trinajstić information content (AvgIpc) is 2.55. The van der Waals surface area contributed by atoms with Crippen molar-refractivity contribution in [2.75, 3.05) is 50.7 Å². The van der Waals surface area contributed by atoms with Crippen LogP contribution < -0.4 is 10.2 Å². The molecule has 3 rings (SSSR count). The molecule has 3 nitrogen and oxygen atoms in total. The van der Waals surface area contributed by atoms with Gasteiger partial charge in [-0.2, -0.15) is 0 Å². The summed E-state index contributed by atoms with van der Waals surface area (Å²) in [7, 11) is 0. The standard InChI is InChI=1S/C17H27N3/c1-4-11-20(12-5-1)17-7-3-2-6-16(17)8-13-19-14-9-18-10-15-19/h2-3,6-7,18H,1,4-5,8-15H2. The number of hydrogen-bond acceptors (Lipinski definition) is 3. The summed E-state index contributed by atoms with van der Waals surface area (Å²) in [6.45, 7) is 8.38. The van der Waals surface area contributed by atoms with Crippen LogP contribution in [-0.2, 0) is 6.42 Å². The smallest absolute Gasteiger partial charge is 0.0399 e. The molecule has 1 N–H and O–H groups in total. The van der Waals surface area contributed by atoms with Gasteiger partial charge in [-0.15, -0.1) is 0 Å². The lowest BCUT2D eigenvalue weighted by atomic mass is 10.0. The fraction of sp³-hybridized carbons (Fsp3) is 0.647. The predicted octanol–water partition coefficient (Wildman–Crippen LogP) is 2.12. The Hall–Kier alpha value is -1.06. The van der Waals surface area contributed by atoms with Crippen LogP contribution in [0.25, 0.3) is 0 Å². The van der Waals surface area contributed by atoms with Gasteiger partial charge in [-0.25, -0.2) is 0 Å². The maximum atomic E-state index is 3.43. The highest BCUT2D eigenvalue weighted by atomic mass is 15.2. The van der Waals surface area contributed by atoms with Crippen LogP contribution in [0.2, 0.25) is 0 Å². The normalized spacial score (nSPS) is 21.1. The summed E-state index contributed by atoms with van der Waals surface area (Å²) in [5.74, 6) is 0. The van der Waals surface area contributed by atoms with E-state index in [2.05, 4.69) is 39.4 Å². The number of nitrogens with one attached hydrogen (secondary N) is 1. The van der Waals surface area contributed by atoms with Crippen molar-refractivity contribution in [3.05, 3.63) is 29.8 Å². The first kappa shape index (κ1) is 13.9. The highest BCUT2D eigenvalue weighted by Crippen LogP contribution is 2.24. The Morgan fingerprint density at radius 3 is 2.45 bits per heavy atom. The van der Waals surface area contributed by atoms with Gasteiger partial charge in [0.2, 0.25) is 0 Å². The highest BCUT2D eigenvalue weighted by molar-refractivity contribution is 5.54. The van der Waals surface area contributed by atoms with Crippen molar-refractivity contribution >= 4 is 5.69 Å². The molecular formula is C17H27N3. The second kappa shape index (κ2) is 7.09. The third-order valence-corrected chi connectivity index (χ3v) is 4.60. The third kappa shape index (κ3) is 3.53. The first-order chi connectivity index (χ1) is 9.93. The Morgan fingerprint density at radius 2 is 1.65 bits per heavy atom. The number of nitrogens with zero attached hydrogens (tertiary/aromatic N) is 2. The predicted molar refractivity (Wildman–Crippen MR) is 85.5 cm³/mol. The first-order valence-corrected chi connectivity index (χ1v) is 8.19. The zero-order valence-corrected chi connectivity index (χ0v) is 12.5. The van der Waals surface area contributed by atoms with Crippen LogP contribution in [-0.4, -0.2) is 50.7 Å². The summed E-state index contributed by atoms with van der Waals surface area (Å²) >= 11 is 0. The monoisotopic (exact) mass is 273 g/mol. The molecule has 2 fully saturated rings. The number of piperazine rings is 1. The Labute approximate surface area is 123 Å². The number of hydrogen-bond donors (Lipinski definition) is 1. The van der Waals surface area contributed by atoms with Crippen LogP contribution in [0.1, 0.15) is 24.8 Å². The van der Waals surface area contributed by atoms with E-state index in [0.717, 1.165) is 13.1 Å². The van der Waals surface area contributed by atoms with Crippen molar-refractivity contribution in [2.24, 2.45) is 0 Å². The number of benzene rings is 1. The van der Waals surface area contributed by atoms with E-state index in [1.807, 2.05) is 0 Å². The molecule has 0 bridgehead atoms. The van der Waals surface area contributed by atoms with Crippen LogP contribution in [0.3, 0.4) is 0 Å². The van der Waals surface area contributed by atoms with Crippen LogP contribution in [0, 0.1) is 0 Å². The van der Waals surface area contributed by atoms with Crippen LogP contribution in [0.15, 0.2) is 24.3 Å². The SMILES string of the molecule is c1ccc(N2CCCCC2)c(CCN2CCNCC2)c1. The van der Waals surface area contributed by atoms with Crippen molar-refractivity contribution in [1.29, 1.82) is 0 Å². The second-order valence-electron chi connectivity index (χ2n) is 6.02. The molecule has 2 aliphatic heterocycles. The van der Waals surface area contributed by atoms with E-state index < -0.39 is 0 Å². The molecule has 0 atom stereocenters. The van der Waals surface area contributed by atoms with Gasteiger partial charge in [0.05, 0.1) is 0 Å². The van der Waals surface area contributed by atoms with Crippen LogP contribution >= 0.6 is 0 Å². The molecule has 20 heavy (non-hydrogen) atoms. The van der Waals surface area contributed by atoms with Crippen molar-refractivity contribution in [3.63, 3.8) is 0 Å². The topological polar surface area (TPSA) is 18.5 Å². The minimum Gasteiger partial charge on any atom is -0.371 e. The fourth-order valence-corrected chi connectivity index (χ4v) is 3.38. The molecule has 0 unspecified atom stereocenters. The van der Waals surface area contributed by atoms with E-state index in [-0.39, 0.29) is 0 Å². The summed E-state index contributed by atoms with van der Waals surface area (Å²) in [6, 6.07) is 9.03. The van der Waals surface area contributed by atoms with Crippen LogP contribution in [0.4, 0.5) is 5.69 Å². The molecule has 0 spiro atoms. The van der Waals surface area contributed by atoms with Crippen molar-refractivity contribution in [2.45, 2.75) is 25.7 Å². The molecule has 2 heterocycles. The van der Waals surface area contributed by atoms with Gasteiger partial charge in [0.15, 0.2) is 0 Å². The molecule has 1 aromatic carbocycles. The maximum Gasteiger partial charge on any atom is 0.0399 e. The Balaban J connectivity index is 1.62. The van der Waals surface area contributed by atoms with Gasteiger partial charge < -0.3 is 15.1 Å². The summed E-state index contributed by atoms with van der Waals surface area (Å²) < 4.78 is 0. The Kier molecular flexibility index (Phi) is 4.93. The molecule has 2 aliphatic rings. The lowest BCUT2D eigenvalue weighted by Crippen LogP contribution is -2.44. The maximum absolute atomic E-state index is 3.43. The zero-order chi connectivity index (χ0) is 13.6. The largest absolute Gasteiger partial charge is 0.371 e. The Bertz CT molecular complexity index is 406. The van der Waals surface area contributed by atoms with Crippen molar-refractivity contribution < 1.29 is 0 Å². The molecular weight excluding hydrogens is 246 g/mol. The minimum absolute atomic E-state index is 1.15. The van der Waals surface area contributed by atoms with Gasteiger partial charge >= 0.3 is 0 Å². The van der Waals surface area contributed by atoms with Gasteiger partial charge in [0.25, 0.3) is 0 Å². The third-order valence-electron chi connectivity index (χ3n) is 4.60. The minimum atomic E-state index is 1.15. The van der Waals surface area contributed by atoms with E-state index >= 15 is 0 Å². The summed E-state index contributed by atoms with van der Waals surface area (Å²) in [5, 5.41) is 3.43. The van der Waals surface area contributed by atoms with E-state index in [1.54, 1.807) is 0 Å². The van der Waals surface area contributed by atoms with Crippen molar-refractivity contribution in [1.82, 2.24) is 10.2 Å². The van der Waals surface area contributed by atoms with Crippen LogP contribution in [0.5, 0.6) is 0 Å². The second-order valence-corrected chi connectivity index (χ2v) is 6.02. The summed E-state index contributed by atoms with van der Waals surface area (Å²) in [5.41, 5.74) is 3.02. The van der Waals surface area contributed by atoms with E-state index in [0.29, 0.717) is 0 Å². The van der Waals surface area contributed by atoms with Gasteiger partial charge in [-0.3, -0.25) is 0 Å².